The molecule has 2 heterocycles. The van der Waals surface area contributed by atoms with Gasteiger partial charge in [-0.25, -0.2) is 0 Å². The number of fused-ring (bicyclic) bond motifs is 3. The maximum Gasteiger partial charge on any atom is 0.219 e. The molecule has 1 aromatic heterocycles. The Morgan fingerprint density at radius 2 is 1.73 bits per heavy atom. The van der Waals surface area contributed by atoms with Gasteiger partial charge in [-0.1, -0.05) is 45.7 Å². The van der Waals surface area contributed by atoms with Crippen molar-refractivity contribution < 1.29 is 4.57 Å². The topological polar surface area (TPSA) is 3.88 Å². The molecule has 0 atom stereocenters. The third kappa shape index (κ3) is 2.20. The second-order valence-corrected chi connectivity index (χ2v) is 6.52. The summed E-state index contributed by atoms with van der Waals surface area (Å²) in [6, 6.07) is 20.5. The van der Waals surface area contributed by atoms with Gasteiger partial charge in [-0.05, 0) is 35.9 Å². The number of halogens is 2. The average molecular weight is 370 g/mol. The molecule has 106 valence electrons. The van der Waals surface area contributed by atoms with Gasteiger partial charge in [0.15, 0.2) is 6.20 Å². The number of pyridine rings is 1. The predicted molar refractivity (Wildman–Crippen MR) is 94.5 cm³/mol. The highest BCUT2D eigenvalue weighted by Crippen LogP contribution is 2.36. The first kappa shape index (κ1) is 13.7. The fourth-order valence-electron chi connectivity index (χ4n) is 2.84. The van der Waals surface area contributed by atoms with Gasteiger partial charge in [-0.15, -0.1) is 0 Å². The minimum absolute atomic E-state index is 0.763. The second kappa shape index (κ2) is 5.38. The largest absolute Gasteiger partial charge is 0.219 e. The van der Waals surface area contributed by atoms with E-state index >= 15 is 0 Å². The number of hydrogen-bond donors (Lipinski definition) is 0. The van der Waals surface area contributed by atoms with Gasteiger partial charge in [0.2, 0.25) is 11.4 Å². The fraction of sp³-hybridized carbons (Fsp3) is 0. The zero-order valence-electron chi connectivity index (χ0n) is 11.6. The second-order valence-electron chi connectivity index (χ2n) is 5.20. The lowest BCUT2D eigenvalue weighted by atomic mass is 10.0. The van der Waals surface area contributed by atoms with Gasteiger partial charge < -0.3 is 0 Å². The molecule has 4 rings (SSSR count). The van der Waals surface area contributed by atoms with Crippen LogP contribution < -0.4 is 4.57 Å². The normalized spacial score (nSPS) is 14.0. The first-order valence-electron chi connectivity index (χ1n) is 7.01. The van der Waals surface area contributed by atoms with Gasteiger partial charge in [0.05, 0.1) is 11.1 Å². The molecule has 3 aromatic rings. The van der Waals surface area contributed by atoms with Crippen LogP contribution >= 0.6 is 27.5 Å². The SMILES string of the molecule is Clc1ccccc1C=C1c2ccc(Br)cc2-c2cccc[n+]21. The molecule has 0 amide bonds. The molecule has 0 fully saturated rings. The highest BCUT2D eigenvalue weighted by Gasteiger charge is 2.31. The number of benzene rings is 2. The van der Waals surface area contributed by atoms with E-state index in [0.717, 1.165) is 20.8 Å². The van der Waals surface area contributed by atoms with Gasteiger partial charge >= 0.3 is 0 Å². The minimum Gasteiger partial charge on any atom is -0.159 e. The van der Waals surface area contributed by atoms with Gasteiger partial charge in [-0.3, -0.25) is 0 Å². The van der Waals surface area contributed by atoms with Crippen LogP contribution in [0.1, 0.15) is 11.1 Å². The summed E-state index contributed by atoms with van der Waals surface area (Å²) in [4.78, 5) is 0. The van der Waals surface area contributed by atoms with Gasteiger partial charge in [0, 0.05) is 27.7 Å². The fourth-order valence-corrected chi connectivity index (χ4v) is 3.39. The third-order valence-corrected chi connectivity index (χ3v) is 4.69. The molecule has 3 heteroatoms. The van der Waals surface area contributed by atoms with E-state index in [4.69, 9.17) is 11.6 Å². The summed E-state index contributed by atoms with van der Waals surface area (Å²) in [5, 5.41) is 0.763. The van der Waals surface area contributed by atoms with Crippen molar-refractivity contribution in [3.05, 3.63) is 87.5 Å². The molecule has 0 N–H and O–H groups in total. The maximum atomic E-state index is 6.32. The third-order valence-electron chi connectivity index (χ3n) is 3.85. The Labute approximate surface area is 142 Å². The van der Waals surface area contributed by atoms with Crippen LogP contribution in [0.5, 0.6) is 0 Å². The van der Waals surface area contributed by atoms with Crippen LogP contribution in [0.25, 0.3) is 23.0 Å². The monoisotopic (exact) mass is 368 g/mol. The quantitative estimate of drug-likeness (QED) is 0.395. The summed E-state index contributed by atoms with van der Waals surface area (Å²) in [5.74, 6) is 0. The smallest absolute Gasteiger partial charge is 0.159 e. The molecule has 1 aliphatic rings. The number of nitrogens with zero attached hydrogens (tertiary/aromatic N) is 1. The Morgan fingerprint density at radius 1 is 0.909 bits per heavy atom. The van der Waals surface area contributed by atoms with Crippen molar-refractivity contribution in [2.45, 2.75) is 0 Å². The molecule has 1 aliphatic heterocycles. The Balaban J connectivity index is 2.00. The summed E-state index contributed by atoms with van der Waals surface area (Å²) in [5.41, 5.74) is 5.81. The average Bonchev–Trinajstić information content (AvgIpc) is 2.83. The van der Waals surface area contributed by atoms with Crippen LogP contribution in [0.3, 0.4) is 0 Å². The van der Waals surface area contributed by atoms with Crippen LogP contribution in [0, 0.1) is 0 Å². The molecule has 0 saturated heterocycles. The zero-order valence-corrected chi connectivity index (χ0v) is 14.0. The van der Waals surface area contributed by atoms with E-state index in [9.17, 15) is 0 Å². The molecular formula is C19H12BrClN+. The van der Waals surface area contributed by atoms with Crippen molar-refractivity contribution in [2.24, 2.45) is 0 Å². The Kier molecular flexibility index (Phi) is 3.36. The van der Waals surface area contributed by atoms with Crippen LogP contribution in [0.4, 0.5) is 0 Å². The maximum absolute atomic E-state index is 6.32. The van der Waals surface area contributed by atoms with Crippen molar-refractivity contribution in [3.63, 3.8) is 0 Å². The minimum atomic E-state index is 0.763. The molecule has 0 aliphatic carbocycles. The molecule has 2 aromatic carbocycles. The van der Waals surface area contributed by atoms with E-state index in [-0.39, 0.29) is 0 Å². The lowest BCUT2D eigenvalue weighted by Crippen LogP contribution is -2.30. The van der Waals surface area contributed by atoms with E-state index < -0.39 is 0 Å². The lowest BCUT2D eigenvalue weighted by molar-refractivity contribution is -0.562. The van der Waals surface area contributed by atoms with Crippen molar-refractivity contribution >= 4 is 39.3 Å². The van der Waals surface area contributed by atoms with Gasteiger partial charge in [0.25, 0.3) is 0 Å². The predicted octanol–water partition coefficient (Wildman–Crippen LogP) is 5.42. The molecular weight excluding hydrogens is 358 g/mol. The van der Waals surface area contributed by atoms with Crippen LogP contribution in [0.2, 0.25) is 5.02 Å². The lowest BCUT2D eigenvalue weighted by Gasteiger charge is -1.99. The summed E-state index contributed by atoms with van der Waals surface area (Å²) in [6.07, 6.45) is 4.23. The molecule has 0 bridgehead atoms. The Hall–Kier alpha value is -1.90. The number of aromatic nitrogens is 1. The van der Waals surface area contributed by atoms with E-state index in [1.54, 1.807) is 0 Å². The van der Waals surface area contributed by atoms with Crippen molar-refractivity contribution in [1.29, 1.82) is 0 Å². The van der Waals surface area contributed by atoms with Crippen molar-refractivity contribution in [3.8, 4) is 11.3 Å². The highest BCUT2D eigenvalue weighted by molar-refractivity contribution is 9.10. The summed E-state index contributed by atoms with van der Waals surface area (Å²) < 4.78 is 3.29. The molecule has 0 saturated carbocycles. The first-order chi connectivity index (χ1) is 10.7. The first-order valence-corrected chi connectivity index (χ1v) is 8.19. The van der Waals surface area contributed by atoms with Gasteiger partial charge in [0.1, 0.15) is 0 Å². The molecule has 0 spiro atoms. The standard InChI is InChI=1S/C19H12BrClN/c20-14-8-9-15-16(12-14)18-7-3-4-10-22(18)19(15)11-13-5-1-2-6-17(13)21/h1-12H/q+1. The molecule has 0 unspecified atom stereocenters. The van der Waals surface area contributed by atoms with E-state index in [1.807, 2.05) is 30.3 Å². The number of hydrogen-bond acceptors (Lipinski definition) is 0. The van der Waals surface area contributed by atoms with Gasteiger partial charge in [-0.2, -0.15) is 4.57 Å². The van der Waals surface area contributed by atoms with E-state index in [2.05, 4.69) is 63.1 Å². The Bertz CT molecular complexity index is 915. The van der Waals surface area contributed by atoms with Crippen LogP contribution in [-0.4, -0.2) is 0 Å². The van der Waals surface area contributed by atoms with E-state index in [1.165, 1.54) is 16.8 Å². The summed E-state index contributed by atoms with van der Waals surface area (Å²) in [7, 11) is 0. The van der Waals surface area contributed by atoms with Crippen molar-refractivity contribution in [2.75, 3.05) is 0 Å². The summed E-state index contributed by atoms with van der Waals surface area (Å²) >= 11 is 9.89. The van der Waals surface area contributed by atoms with Crippen LogP contribution in [0.15, 0.2) is 71.3 Å². The summed E-state index contributed by atoms with van der Waals surface area (Å²) in [6.45, 7) is 0. The van der Waals surface area contributed by atoms with E-state index in [0.29, 0.717) is 0 Å². The number of rotatable bonds is 1. The zero-order chi connectivity index (χ0) is 15.1. The molecule has 0 radical (unpaired) electrons. The molecule has 1 nitrogen and oxygen atoms in total. The highest BCUT2D eigenvalue weighted by atomic mass is 79.9. The van der Waals surface area contributed by atoms with Crippen molar-refractivity contribution in [1.82, 2.24) is 0 Å². The Morgan fingerprint density at radius 3 is 2.59 bits per heavy atom. The van der Waals surface area contributed by atoms with Crippen LogP contribution in [-0.2, 0) is 0 Å². The molecule has 22 heavy (non-hydrogen) atoms.